The predicted molar refractivity (Wildman–Crippen MR) is 104 cm³/mol. The zero-order chi connectivity index (χ0) is 18.7. The molecule has 0 aliphatic rings. The van der Waals surface area contributed by atoms with Crippen molar-refractivity contribution in [3.63, 3.8) is 0 Å². The average molecular weight is 386 g/mol. The smallest absolute Gasteiger partial charge is 0.259 e. The summed E-state index contributed by atoms with van der Waals surface area (Å²) in [4.78, 5) is 39.1. The molecule has 130 valence electrons. The minimum Gasteiger partial charge on any atom is -0.321 e. The van der Waals surface area contributed by atoms with Gasteiger partial charge in [0.25, 0.3) is 5.56 Å². The van der Waals surface area contributed by atoms with Gasteiger partial charge in [-0.05, 0) is 47.4 Å². The van der Waals surface area contributed by atoms with E-state index in [1.165, 1.54) is 12.1 Å². The summed E-state index contributed by atoms with van der Waals surface area (Å²) in [5.74, 6) is -0.922. The summed E-state index contributed by atoms with van der Waals surface area (Å²) >= 11 is 11.7. The Morgan fingerprint density at radius 1 is 0.962 bits per heavy atom. The van der Waals surface area contributed by atoms with E-state index >= 15 is 0 Å². The maximum Gasteiger partial charge on any atom is 0.259 e. The Labute approximate surface area is 159 Å². The number of hydrogen-bond donors (Lipinski definition) is 1. The van der Waals surface area contributed by atoms with Crippen LogP contribution in [0.25, 0.3) is 17.0 Å². The van der Waals surface area contributed by atoms with Crippen molar-refractivity contribution >= 4 is 51.7 Å². The molecule has 0 radical (unpaired) electrons. The normalized spacial score (nSPS) is 11.2. The van der Waals surface area contributed by atoms with Crippen molar-refractivity contribution in [1.82, 2.24) is 4.98 Å². The highest BCUT2D eigenvalue weighted by molar-refractivity contribution is 6.31. The molecule has 0 amide bonds. The van der Waals surface area contributed by atoms with Crippen LogP contribution in [0.5, 0.6) is 0 Å². The SMILES string of the molecule is O=C(C=Cc1ccc(Cl)cc1)CC(=O)c1cc2ccc(Cl)cc2[nH]c1=O. The number of benzene rings is 2. The van der Waals surface area contributed by atoms with Gasteiger partial charge in [0.2, 0.25) is 0 Å². The van der Waals surface area contributed by atoms with Gasteiger partial charge in [-0.3, -0.25) is 14.4 Å². The number of halogens is 2. The van der Waals surface area contributed by atoms with Crippen molar-refractivity contribution in [2.45, 2.75) is 6.42 Å². The van der Waals surface area contributed by atoms with Gasteiger partial charge in [-0.25, -0.2) is 0 Å². The molecule has 0 aliphatic carbocycles. The van der Waals surface area contributed by atoms with Crippen molar-refractivity contribution in [2.24, 2.45) is 0 Å². The molecule has 0 fully saturated rings. The molecule has 0 saturated heterocycles. The molecule has 3 rings (SSSR count). The third-order valence-electron chi connectivity index (χ3n) is 3.77. The summed E-state index contributed by atoms with van der Waals surface area (Å²) in [7, 11) is 0. The van der Waals surface area contributed by atoms with Crippen molar-refractivity contribution in [3.8, 4) is 0 Å². The topological polar surface area (TPSA) is 67.0 Å². The number of nitrogens with one attached hydrogen (secondary N) is 1. The van der Waals surface area contributed by atoms with Crippen LogP contribution < -0.4 is 5.56 Å². The summed E-state index contributed by atoms with van der Waals surface area (Å²) in [5, 5.41) is 1.75. The molecule has 26 heavy (non-hydrogen) atoms. The fraction of sp³-hybridized carbons (Fsp3) is 0.0500. The second-order valence-corrected chi connectivity index (χ2v) is 6.57. The second-order valence-electron chi connectivity index (χ2n) is 5.69. The maximum atomic E-state index is 12.3. The molecule has 1 N–H and O–H groups in total. The lowest BCUT2D eigenvalue weighted by atomic mass is 10.0. The molecule has 0 spiro atoms. The third-order valence-corrected chi connectivity index (χ3v) is 4.26. The van der Waals surface area contributed by atoms with Crippen LogP contribution >= 0.6 is 23.2 Å². The van der Waals surface area contributed by atoms with Crippen LogP contribution in [0.2, 0.25) is 10.0 Å². The minimum atomic E-state index is -0.542. The number of allylic oxidation sites excluding steroid dienone is 1. The number of ketones is 2. The number of fused-ring (bicyclic) bond motifs is 1. The zero-order valence-electron chi connectivity index (χ0n) is 13.5. The largest absolute Gasteiger partial charge is 0.321 e. The lowest BCUT2D eigenvalue weighted by Gasteiger charge is -2.02. The Balaban J connectivity index is 1.77. The third kappa shape index (κ3) is 4.28. The Morgan fingerprint density at radius 3 is 2.38 bits per heavy atom. The van der Waals surface area contributed by atoms with Gasteiger partial charge in [0.05, 0.1) is 12.0 Å². The maximum absolute atomic E-state index is 12.3. The van der Waals surface area contributed by atoms with Crippen LogP contribution in [0, 0.1) is 0 Å². The van der Waals surface area contributed by atoms with Crippen LogP contribution in [-0.2, 0) is 4.79 Å². The standard InChI is InChI=1S/C20H13Cl2NO3/c21-14-5-1-12(2-6-14)3-8-16(24)11-19(25)17-9-13-4-7-15(22)10-18(13)23-20(17)26/h1-10H,11H2,(H,23,26). The fourth-order valence-electron chi connectivity index (χ4n) is 2.46. The molecular weight excluding hydrogens is 373 g/mol. The lowest BCUT2D eigenvalue weighted by molar-refractivity contribution is -0.113. The summed E-state index contributed by atoms with van der Waals surface area (Å²) in [5.41, 5.74) is 0.732. The van der Waals surface area contributed by atoms with E-state index in [1.807, 2.05) is 0 Å². The molecular formula is C20H13Cl2NO3. The van der Waals surface area contributed by atoms with Crippen LogP contribution in [0.4, 0.5) is 0 Å². The summed E-state index contributed by atoms with van der Waals surface area (Å²) in [6.07, 6.45) is 2.53. The van der Waals surface area contributed by atoms with Crippen LogP contribution in [-0.4, -0.2) is 16.6 Å². The number of H-pyrrole nitrogens is 1. The van der Waals surface area contributed by atoms with Crippen LogP contribution in [0.15, 0.2) is 59.4 Å². The lowest BCUT2D eigenvalue weighted by Crippen LogP contribution is -2.19. The van der Waals surface area contributed by atoms with Gasteiger partial charge in [0.1, 0.15) is 0 Å². The monoisotopic (exact) mass is 385 g/mol. The molecule has 1 aromatic heterocycles. The van der Waals surface area contributed by atoms with E-state index in [0.29, 0.717) is 20.9 Å². The Bertz CT molecular complexity index is 1080. The summed E-state index contributed by atoms with van der Waals surface area (Å²) < 4.78 is 0. The molecule has 0 atom stereocenters. The van der Waals surface area contributed by atoms with E-state index in [0.717, 1.165) is 5.56 Å². The Morgan fingerprint density at radius 2 is 1.65 bits per heavy atom. The molecule has 0 aliphatic heterocycles. The number of pyridine rings is 1. The molecule has 3 aromatic rings. The van der Waals surface area contributed by atoms with E-state index in [1.54, 1.807) is 48.5 Å². The van der Waals surface area contributed by atoms with E-state index in [9.17, 15) is 14.4 Å². The average Bonchev–Trinajstić information content (AvgIpc) is 2.60. The first-order valence-electron chi connectivity index (χ1n) is 7.74. The summed E-state index contributed by atoms with van der Waals surface area (Å²) in [6, 6.07) is 13.4. The first kappa shape index (κ1) is 18.1. The molecule has 6 heteroatoms. The van der Waals surface area contributed by atoms with Gasteiger partial charge in [0, 0.05) is 15.6 Å². The van der Waals surface area contributed by atoms with Crippen molar-refractivity contribution in [2.75, 3.05) is 0 Å². The van der Waals surface area contributed by atoms with Crippen LogP contribution in [0.1, 0.15) is 22.3 Å². The highest BCUT2D eigenvalue weighted by Crippen LogP contribution is 2.17. The Hall–Kier alpha value is -2.69. The first-order chi connectivity index (χ1) is 12.4. The number of Topliss-reactive ketones (excluding diaryl/α,β-unsaturated/α-hetero) is 1. The number of carbonyl (C=O) groups is 2. The van der Waals surface area contributed by atoms with E-state index in [2.05, 4.69) is 4.98 Å². The number of aromatic nitrogens is 1. The molecule has 4 nitrogen and oxygen atoms in total. The fourth-order valence-corrected chi connectivity index (χ4v) is 2.75. The van der Waals surface area contributed by atoms with Crippen molar-refractivity contribution in [1.29, 1.82) is 0 Å². The quantitative estimate of drug-likeness (QED) is 0.393. The van der Waals surface area contributed by atoms with E-state index in [4.69, 9.17) is 23.2 Å². The summed E-state index contributed by atoms with van der Waals surface area (Å²) in [6.45, 7) is 0. The zero-order valence-corrected chi connectivity index (χ0v) is 15.0. The molecule has 2 aromatic carbocycles. The number of rotatable bonds is 5. The van der Waals surface area contributed by atoms with Crippen molar-refractivity contribution in [3.05, 3.63) is 86.1 Å². The molecule has 0 unspecified atom stereocenters. The molecule has 0 bridgehead atoms. The highest BCUT2D eigenvalue weighted by Gasteiger charge is 2.15. The number of carbonyl (C=O) groups excluding carboxylic acids is 2. The first-order valence-corrected chi connectivity index (χ1v) is 8.50. The highest BCUT2D eigenvalue weighted by atomic mass is 35.5. The van der Waals surface area contributed by atoms with Gasteiger partial charge >= 0.3 is 0 Å². The van der Waals surface area contributed by atoms with Crippen molar-refractivity contribution < 1.29 is 9.59 Å². The molecule has 1 heterocycles. The second kappa shape index (κ2) is 7.68. The minimum absolute atomic E-state index is 0.0481. The van der Waals surface area contributed by atoms with Gasteiger partial charge in [0.15, 0.2) is 11.6 Å². The number of hydrogen-bond acceptors (Lipinski definition) is 3. The van der Waals surface area contributed by atoms with Gasteiger partial charge in [-0.15, -0.1) is 0 Å². The van der Waals surface area contributed by atoms with Gasteiger partial charge in [-0.1, -0.05) is 47.5 Å². The predicted octanol–water partition coefficient (Wildman–Crippen LogP) is 4.69. The Kier molecular flexibility index (Phi) is 5.35. The number of aromatic amines is 1. The van der Waals surface area contributed by atoms with Gasteiger partial charge in [-0.2, -0.15) is 0 Å². The van der Waals surface area contributed by atoms with E-state index < -0.39 is 11.3 Å². The molecule has 0 saturated carbocycles. The van der Waals surface area contributed by atoms with Gasteiger partial charge < -0.3 is 4.98 Å². The van der Waals surface area contributed by atoms with Crippen LogP contribution in [0.3, 0.4) is 0 Å². The van der Waals surface area contributed by atoms with E-state index in [-0.39, 0.29) is 17.8 Å².